The molecule has 2 atom stereocenters. The van der Waals surface area contributed by atoms with Crippen molar-refractivity contribution in [2.45, 2.75) is 74.5 Å². The summed E-state index contributed by atoms with van der Waals surface area (Å²) in [4.78, 5) is 0. The Morgan fingerprint density at radius 1 is 0.750 bits per heavy atom. The number of allylic oxidation sites excluding steroid dienone is 8. The van der Waals surface area contributed by atoms with Gasteiger partial charge >= 0.3 is 138 Å². The van der Waals surface area contributed by atoms with Gasteiger partial charge in [0.2, 0.25) is 0 Å². The molecule has 0 saturated carbocycles. The van der Waals surface area contributed by atoms with Crippen LogP contribution in [0.4, 0.5) is 0 Å². The number of rotatable bonds is 8. The van der Waals surface area contributed by atoms with Crippen molar-refractivity contribution in [2.24, 2.45) is 0 Å². The average Bonchev–Trinajstić information content (AvgIpc) is 2.98. The van der Waals surface area contributed by atoms with Crippen LogP contribution in [0.2, 0.25) is 8.25 Å². The van der Waals surface area contributed by atoms with Gasteiger partial charge in [-0.3, -0.25) is 0 Å². The molecule has 0 aromatic rings. The van der Waals surface area contributed by atoms with E-state index in [0.29, 0.717) is 8.25 Å². The summed E-state index contributed by atoms with van der Waals surface area (Å²) < 4.78 is 0.657. The summed E-state index contributed by atoms with van der Waals surface area (Å²) in [5, 5.41) is 0. The molecule has 0 fully saturated rings. The molecule has 2 aliphatic rings. The van der Waals surface area contributed by atoms with Gasteiger partial charge in [0, 0.05) is 0 Å². The minimum absolute atomic E-state index is 0. The number of unbranched alkanes of at least 4 members (excludes halogenated alkanes) is 2. The van der Waals surface area contributed by atoms with E-state index in [1.807, 2.05) is 0 Å². The molecule has 0 nitrogen and oxygen atoms in total. The van der Waals surface area contributed by atoms with Gasteiger partial charge in [-0.25, -0.2) is 0 Å². The molecule has 0 aromatic heterocycles. The Morgan fingerprint density at radius 3 is 1.46 bits per heavy atom. The molecule has 0 N–H and O–H groups in total. The Hall–Kier alpha value is 0.414. The number of hydrogen-bond acceptors (Lipinski definition) is 0. The minimum Gasteiger partial charge on any atom is -1.00 e. The van der Waals surface area contributed by atoms with Crippen LogP contribution >= 0.6 is 0 Å². The van der Waals surface area contributed by atoms with E-state index in [1.54, 1.807) is 11.1 Å². The molecular weight excluding hydrogens is 398 g/mol. The second-order valence-corrected chi connectivity index (χ2v) is 10.2. The van der Waals surface area contributed by atoms with Crippen molar-refractivity contribution >= 4 is 0 Å². The van der Waals surface area contributed by atoms with Crippen LogP contribution in [0.1, 0.15) is 66.2 Å². The first-order chi connectivity index (χ1) is 9.99. The van der Waals surface area contributed by atoms with E-state index in [2.05, 4.69) is 64.2 Å². The zero-order valence-electron chi connectivity index (χ0n) is 15.3. The van der Waals surface area contributed by atoms with Crippen molar-refractivity contribution in [3.63, 3.8) is 0 Å². The van der Waals surface area contributed by atoms with Crippen LogP contribution in [0.25, 0.3) is 0 Å². The third-order valence-corrected chi connectivity index (χ3v) is 6.72. The first kappa shape index (κ1) is 26.6. The molecule has 136 valence electrons. The molecule has 0 aliphatic heterocycles. The van der Waals surface area contributed by atoms with Crippen molar-refractivity contribution in [2.75, 3.05) is 0 Å². The second kappa shape index (κ2) is 11.9. The van der Waals surface area contributed by atoms with Crippen LogP contribution in [0.5, 0.6) is 0 Å². The normalized spacial score (nSPS) is 26.7. The largest absolute Gasteiger partial charge is 1.00 e. The maximum Gasteiger partial charge on any atom is -1.00 e. The van der Waals surface area contributed by atoms with Gasteiger partial charge < -0.3 is 37.2 Å². The summed E-state index contributed by atoms with van der Waals surface area (Å²) in [6, 6.07) is 0. The van der Waals surface area contributed by atoms with E-state index in [9.17, 15) is 0 Å². The molecule has 2 rings (SSSR count). The Morgan fingerprint density at radius 2 is 1.12 bits per heavy atom. The molecule has 24 heavy (non-hydrogen) atoms. The zero-order valence-corrected chi connectivity index (χ0v) is 19.0. The van der Waals surface area contributed by atoms with E-state index in [0.717, 1.165) is 0 Å². The molecule has 0 spiro atoms. The third kappa shape index (κ3) is 7.75. The molecule has 2 aliphatic carbocycles. The van der Waals surface area contributed by atoms with Crippen molar-refractivity contribution in [3.05, 3.63) is 47.6 Å². The van der Waals surface area contributed by atoms with E-state index < -0.39 is 0 Å². The monoisotopic (exact) mass is 426 g/mol. The van der Waals surface area contributed by atoms with E-state index in [4.69, 9.17) is 0 Å². The van der Waals surface area contributed by atoms with Gasteiger partial charge in [0.1, 0.15) is 0 Å². The summed E-state index contributed by atoms with van der Waals surface area (Å²) >= 11 is 0.209. The van der Waals surface area contributed by atoms with Gasteiger partial charge in [-0.05, 0) is 0 Å². The zero-order chi connectivity index (χ0) is 15.3. The summed E-state index contributed by atoms with van der Waals surface area (Å²) in [5.41, 5.74) is 3.13. The molecular formula is C20H30Cl3V. The number of halogens is 3. The van der Waals surface area contributed by atoms with Crippen molar-refractivity contribution in [1.82, 2.24) is 0 Å². The maximum absolute atomic E-state index is 2.56. The van der Waals surface area contributed by atoms with Crippen LogP contribution in [0.15, 0.2) is 47.6 Å². The summed E-state index contributed by atoms with van der Waals surface area (Å²) in [7, 11) is 0. The molecule has 0 amide bonds. The molecule has 0 radical (unpaired) electrons. The molecule has 2 unspecified atom stereocenters. The third-order valence-electron chi connectivity index (χ3n) is 4.34. The summed E-state index contributed by atoms with van der Waals surface area (Å²) in [6.07, 6.45) is 22.6. The van der Waals surface area contributed by atoms with Crippen molar-refractivity contribution in [1.29, 1.82) is 0 Å². The van der Waals surface area contributed by atoms with Gasteiger partial charge in [0.25, 0.3) is 0 Å². The Labute approximate surface area is 175 Å². The Kier molecular flexibility index (Phi) is 13.2. The maximum atomic E-state index is 2.56. The predicted octanol–water partition coefficient (Wildman–Crippen LogP) is -2.19. The molecule has 4 heteroatoms. The SMILES string of the molecule is CCCCC1=C[C](C)([V+3][C]2(C)C=CC(CCCC)=C2)C=C1.[Cl-].[Cl-].[Cl-]. The molecule has 0 bridgehead atoms. The fourth-order valence-corrected chi connectivity index (χ4v) is 6.03. The molecule has 0 aromatic carbocycles. The van der Waals surface area contributed by atoms with E-state index in [-0.39, 0.29) is 53.5 Å². The first-order valence-corrected chi connectivity index (χ1v) is 9.94. The summed E-state index contributed by atoms with van der Waals surface area (Å²) in [5.74, 6) is 0. The quantitative estimate of drug-likeness (QED) is 0.413. The topological polar surface area (TPSA) is 0 Å². The van der Waals surface area contributed by atoms with E-state index >= 15 is 0 Å². The van der Waals surface area contributed by atoms with Gasteiger partial charge in [0.15, 0.2) is 0 Å². The fraction of sp³-hybridized carbons (Fsp3) is 0.600. The van der Waals surface area contributed by atoms with Crippen molar-refractivity contribution in [3.8, 4) is 0 Å². The van der Waals surface area contributed by atoms with Gasteiger partial charge in [-0.2, -0.15) is 0 Å². The first-order valence-electron chi connectivity index (χ1n) is 8.54. The average molecular weight is 428 g/mol. The number of hydrogen-bond donors (Lipinski definition) is 0. The van der Waals surface area contributed by atoms with Crippen LogP contribution in [-0.2, 0) is 16.3 Å². The van der Waals surface area contributed by atoms with Crippen molar-refractivity contribution < 1.29 is 53.5 Å². The minimum atomic E-state index is 0. The fourth-order valence-electron chi connectivity index (χ4n) is 3.23. The van der Waals surface area contributed by atoms with Gasteiger partial charge in [-0.1, -0.05) is 0 Å². The Bertz CT molecular complexity index is 449. The van der Waals surface area contributed by atoms with Crippen LogP contribution in [-0.4, -0.2) is 0 Å². The smallest absolute Gasteiger partial charge is 1.00 e. The second-order valence-electron chi connectivity index (χ2n) is 6.88. The van der Waals surface area contributed by atoms with E-state index in [1.165, 1.54) is 38.5 Å². The molecule has 0 saturated heterocycles. The van der Waals surface area contributed by atoms with Crippen LogP contribution < -0.4 is 37.2 Å². The summed E-state index contributed by atoms with van der Waals surface area (Å²) in [6.45, 7) is 9.41. The van der Waals surface area contributed by atoms with Gasteiger partial charge in [0.05, 0.1) is 0 Å². The predicted molar refractivity (Wildman–Crippen MR) is 90.2 cm³/mol. The van der Waals surface area contributed by atoms with Gasteiger partial charge in [-0.15, -0.1) is 0 Å². The van der Waals surface area contributed by atoms with Crippen LogP contribution in [0, 0.1) is 0 Å². The Balaban J connectivity index is 0. The van der Waals surface area contributed by atoms with Crippen LogP contribution in [0.3, 0.4) is 0 Å². The standard InChI is InChI=1S/2C10H15.3ClH.V/c2*1-3-4-5-10-7-6-9(2)8-10;;;;/h2*6-8H,3-5H2,1-2H3;3*1H;/q;;;;;+3/p-3. The molecule has 0 heterocycles.